The van der Waals surface area contributed by atoms with Gasteiger partial charge in [0.2, 0.25) is 0 Å². The van der Waals surface area contributed by atoms with Crippen LogP contribution < -0.4 is 0 Å². The fourth-order valence-corrected chi connectivity index (χ4v) is 3.06. The first kappa shape index (κ1) is 15.6. The van der Waals surface area contributed by atoms with Crippen LogP contribution in [0.5, 0.6) is 0 Å². The molecule has 0 aromatic carbocycles. The highest BCUT2D eigenvalue weighted by atomic mass is 32.2. The van der Waals surface area contributed by atoms with Crippen LogP contribution in [0.3, 0.4) is 0 Å². The molecular formula is C12H16N4O5S. The minimum atomic E-state index is -1.20. The molecule has 120 valence electrons. The van der Waals surface area contributed by atoms with E-state index >= 15 is 0 Å². The molecule has 0 saturated carbocycles. The van der Waals surface area contributed by atoms with Gasteiger partial charge in [-0.15, -0.1) is 11.8 Å². The third-order valence-electron chi connectivity index (χ3n) is 3.45. The van der Waals surface area contributed by atoms with Crippen molar-refractivity contribution in [2.45, 2.75) is 29.6 Å². The zero-order chi connectivity index (χ0) is 15.7. The van der Waals surface area contributed by atoms with Gasteiger partial charge in [-0.05, 0) is 0 Å². The van der Waals surface area contributed by atoms with Crippen LogP contribution in [0.4, 0.5) is 0 Å². The third-order valence-corrected chi connectivity index (χ3v) is 4.41. The normalized spacial score (nSPS) is 28.5. The summed E-state index contributed by atoms with van der Waals surface area (Å²) in [6, 6.07) is 0. The van der Waals surface area contributed by atoms with Gasteiger partial charge >= 0.3 is 0 Å². The lowest BCUT2D eigenvalue weighted by Crippen LogP contribution is -2.33. The van der Waals surface area contributed by atoms with E-state index in [2.05, 4.69) is 15.0 Å². The van der Waals surface area contributed by atoms with Crippen molar-refractivity contribution in [1.29, 1.82) is 0 Å². The van der Waals surface area contributed by atoms with E-state index in [9.17, 15) is 10.2 Å². The van der Waals surface area contributed by atoms with Crippen LogP contribution in [0.1, 0.15) is 6.23 Å². The molecule has 22 heavy (non-hydrogen) atoms. The zero-order valence-electron chi connectivity index (χ0n) is 11.5. The largest absolute Gasteiger partial charge is 0.396 e. The summed E-state index contributed by atoms with van der Waals surface area (Å²) in [5.74, 6) is 0.479. The molecule has 4 N–H and O–H groups in total. The molecular weight excluding hydrogens is 312 g/mol. The number of imidazole rings is 1. The van der Waals surface area contributed by atoms with Crippen molar-refractivity contribution in [1.82, 2.24) is 19.5 Å². The fraction of sp³-hybridized carbons (Fsp3) is 0.583. The van der Waals surface area contributed by atoms with Gasteiger partial charge in [-0.3, -0.25) is 4.57 Å². The van der Waals surface area contributed by atoms with E-state index < -0.39 is 31.1 Å². The SMILES string of the molecule is OCCSc1ncnc2c1ncn2[C@@H]1O[C@H](CO)[C@@H](O)[C@H]1O. The van der Waals surface area contributed by atoms with Crippen LogP contribution in [0.25, 0.3) is 11.2 Å². The smallest absolute Gasteiger partial charge is 0.166 e. The van der Waals surface area contributed by atoms with Crippen LogP contribution >= 0.6 is 11.8 Å². The summed E-state index contributed by atoms with van der Waals surface area (Å²) in [7, 11) is 0. The summed E-state index contributed by atoms with van der Waals surface area (Å²) in [6.07, 6.45) is -1.31. The first-order valence-electron chi connectivity index (χ1n) is 6.71. The molecule has 1 aliphatic heterocycles. The van der Waals surface area contributed by atoms with Crippen LogP contribution in [0.2, 0.25) is 0 Å². The summed E-state index contributed by atoms with van der Waals surface area (Å²) in [5.41, 5.74) is 0.976. The molecule has 0 aliphatic carbocycles. The summed E-state index contributed by atoms with van der Waals surface area (Å²) in [4.78, 5) is 12.5. The van der Waals surface area contributed by atoms with Crippen LogP contribution in [-0.4, -0.2) is 77.2 Å². The Bertz CT molecular complexity index is 653. The van der Waals surface area contributed by atoms with Gasteiger partial charge in [-0.1, -0.05) is 0 Å². The number of aromatic nitrogens is 4. The Morgan fingerprint density at radius 1 is 1.18 bits per heavy atom. The highest BCUT2D eigenvalue weighted by molar-refractivity contribution is 7.99. The molecule has 9 nitrogen and oxygen atoms in total. The molecule has 4 atom stereocenters. The maximum atomic E-state index is 10.1. The third kappa shape index (κ3) is 2.57. The molecule has 2 aromatic rings. The average Bonchev–Trinajstić information content (AvgIpc) is 3.08. The molecule has 0 radical (unpaired) electrons. The van der Waals surface area contributed by atoms with Gasteiger partial charge < -0.3 is 25.2 Å². The summed E-state index contributed by atoms with van der Waals surface area (Å²) >= 11 is 1.34. The number of fused-ring (bicyclic) bond motifs is 1. The first-order chi connectivity index (χ1) is 10.7. The Morgan fingerprint density at radius 2 is 2.00 bits per heavy atom. The van der Waals surface area contributed by atoms with Gasteiger partial charge in [0, 0.05) is 5.75 Å². The average molecular weight is 328 g/mol. The van der Waals surface area contributed by atoms with Crippen molar-refractivity contribution >= 4 is 22.9 Å². The highest BCUT2D eigenvalue weighted by Crippen LogP contribution is 2.32. The Morgan fingerprint density at radius 3 is 2.68 bits per heavy atom. The number of hydrogen-bond donors (Lipinski definition) is 4. The van der Waals surface area contributed by atoms with Crippen molar-refractivity contribution in [3.8, 4) is 0 Å². The quantitative estimate of drug-likeness (QED) is 0.383. The van der Waals surface area contributed by atoms with E-state index in [1.165, 1.54) is 29.0 Å². The topological polar surface area (TPSA) is 134 Å². The van der Waals surface area contributed by atoms with Gasteiger partial charge in [-0.25, -0.2) is 15.0 Å². The molecule has 0 bridgehead atoms. The maximum absolute atomic E-state index is 10.1. The van der Waals surface area contributed by atoms with Gasteiger partial charge in [0.15, 0.2) is 11.9 Å². The second kappa shape index (κ2) is 6.44. The first-order valence-corrected chi connectivity index (χ1v) is 7.69. The summed E-state index contributed by atoms with van der Waals surface area (Å²) < 4.78 is 6.98. The van der Waals surface area contributed by atoms with Gasteiger partial charge in [0.05, 0.1) is 19.5 Å². The number of nitrogens with zero attached hydrogens (tertiary/aromatic N) is 4. The van der Waals surface area contributed by atoms with E-state index in [1.54, 1.807) is 0 Å². The van der Waals surface area contributed by atoms with Gasteiger partial charge in [0.1, 0.15) is 35.2 Å². The van der Waals surface area contributed by atoms with Crippen LogP contribution in [-0.2, 0) is 4.74 Å². The number of aliphatic hydroxyl groups is 4. The summed E-state index contributed by atoms with van der Waals surface area (Å²) in [6.45, 7) is -0.375. The second-order valence-electron chi connectivity index (χ2n) is 4.80. The van der Waals surface area contributed by atoms with Gasteiger partial charge in [0.25, 0.3) is 0 Å². The lowest BCUT2D eigenvalue weighted by atomic mass is 10.1. The number of hydrogen-bond acceptors (Lipinski definition) is 9. The molecule has 0 spiro atoms. The minimum Gasteiger partial charge on any atom is -0.396 e. The van der Waals surface area contributed by atoms with Crippen molar-refractivity contribution in [2.24, 2.45) is 0 Å². The predicted octanol–water partition coefficient (Wildman–Crippen LogP) is -1.48. The molecule has 0 amide bonds. The van der Waals surface area contributed by atoms with Gasteiger partial charge in [-0.2, -0.15) is 0 Å². The number of thioether (sulfide) groups is 1. The molecule has 1 fully saturated rings. The Kier molecular flexibility index (Phi) is 4.57. The van der Waals surface area contributed by atoms with Crippen LogP contribution in [0, 0.1) is 0 Å². The van der Waals surface area contributed by atoms with E-state index in [0.29, 0.717) is 21.9 Å². The molecule has 1 saturated heterocycles. The summed E-state index contributed by atoms with van der Waals surface area (Å²) in [5, 5.41) is 38.6. The lowest BCUT2D eigenvalue weighted by molar-refractivity contribution is -0.0511. The molecule has 1 aliphatic rings. The zero-order valence-corrected chi connectivity index (χ0v) is 12.3. The Hall–Kier alpha value is -1.30. The van der Waals surface area contributed by atoms with Crippen molar-refractivity contribution in [3.63, 3.8) is 0 Å². The minimum absolute atomic E-state index is 0.0195. The van der Waals surface area contributed by atoms with E-state index in [0.717, 1.165) is 0 Å². The predicted molar refractivity (Wildman–Crippen MR) is 76.1 cm³/mol. The standard InChI is InChI=1S/C12H16N4O5S/c17-1-2-22-11-7-10(13-4-14-11)16(5-15-7)12-9(20)8(19)6(3-18)21-12/h4-6,8-9,12,17-20H,1-3H2/t6-,8-,9-,12-/m1/s1. The van der Waals surface area contributed by atoms with E-state index in [4.69, 9.17) is 14.9 Å². The number of rotatable bonds is 5. The van der Waals surface area contributed by atoms with Crippen LogP contribution in [0.15, 0.2) is 17.7 Å². The van der Waals surface area contributed by atoms with Crippen molar-refractivity contribution < 1.29 is 25.2 Å². The Labute approximate surface area is 129 Å². The monoisotopic (exact) mass is 328 g/mol. The fourth-order valence-electron chi connectivity index (χ4n) is 2.37. The molecule has 2 aromatic heterocycles. The molecule has 0 unspecified atom stereocenters. The number of ether oxygens (including phenoxy) is 1. The number of aliphatic hydroxyl groups excluding tert-OH is 4. The maximum Gasteiger partial charge on any atom is 0.166 e. The highest BCUT2D eigenvalue weighted by Gasteiger charge is 2.43. The molecule has 3 rings (SSSR count). The van der Waals surface area contributed by atoms with E-state index in [1.807, 2.05) is 0 Å². The molecule has 10 heteroatoms. The Balaban J connectivity index is 1.95. The molecule has 3 heterocycles. The van der Waals surface area contributed by atoms with E-state index in [-0.39, 0.29) is 6.61 Å². The lowest BCUT2D eigenvalue weighted by Gasteiger charge is -2.16. The second-order valence-corrected chi connectivity index (χ2v) is 5.89. The van der Waals surface area contributed by atoms with Crippen molar-refractivity contribution in [3.05, 3.63) is 12.7 Å². The van der Waals surface area contributed by atoms with Crippen molar-refractivity contribution in [2.75, 3.05) is 19.0 Å².